The molecule has 3 fully saturated rings. The molecule has 0 spiro atoms. The molecule has 1 N–H and O–H groups in total. The fourth-order valence-corrected chi connectivity index (χ4v) is 6.18. The summed E-state index contributed by atoms with van der Waals surface area (Å²) in [4.78, 5) is 15.5. The van der Waals surface area contributed by atoms with Crippen LogP contribution in [0.15, 0.2) is 65.6 Å². The summed E-state index contributed by atoms with van der Waals surface area (Å²) in [6.45, 7) is 0.765. The SMILES string of the molecule is O=C(C(NS(=O)(=O)c1ccccc1)c1ccccc1)N1C[C@@H]2C[C@H]1[C@H]1C[C@@H]21. The van der Waals surface area contributed by atoms with Gasteiger partial charge in [0.2, 0.25) is 15.9 Å². The molecule has 1 saturated heterocycles. The van der Waals surface area contributed by atoms with E-state index in [9.17, 15) is 13.2 Å². The summed E-state index contributed by atoms with van der Waals surface area (Å²) < 4.78 is 28.4. The van der Waals surface area contributed by atoms with Gasteiger partial charge in [-0.25, -0.2) is 8.42 Å². The molecule has 5 atom stereocenters. The maximum Gasteiger partial charge on any atom is 0.245 e. The van der Waals surface area contributed by atoms with Gasteiger partial charge in [0, 0.05) is 12.6 Å². The molecule has 140 valence electrons. The minimum absolute atomic E-state index is 0.126. The van der Waals surface area contributed by atoms with Crippen LogP contribution < -0.4 is 4.72 Å². The number of amides is 1. The summed E-state index contributed by atoms with van der Waals surface area (Å²) in [5.41, 5.74) is 0.678. The Morgan fingerprint density at radius 2 is 1.63 bits per heavy atom. The highest BCUT2D eigenvalue weighted by molar-refractivity contribution is 7.89. The molecule has 0 aromatic heterocycles. The van der Waals surface area contributed by atoms with Gasteiger partial charge in [0.15, 0.2) is 0 Å². The van der Waals surface area contributed by atoms with Crippen molar-refractivity contribution < 1.29 is 13.2 Å². The van der Waals surface area contributed by atoms with Crippen LogP contribution in [0.4, 0.5) is 0 Å². The van der Waals surface area contributed by atoms with E-state index in [1.54, 1.807) is 30.3 Å². The van der Waals surface area contributed by atoms with Crippen molar-refractivity contribution >= 4 is 15.9 Å². The van der Waals surface area contributed by atoms with Crippen LogP contribution in [0.1, 0.15) is 24.4 Å². The van der Waals surface area contributed by atoms with Gasteiger partial charge in [0.05, 0.1) is 4.90 Å². The van der Waals surface area contributed by atoms with Gasteiger partial charge in [-0.15, -0.1) is 0 Å². The van der Waals surface area contributed by atoms with Gasteiger partial charge >= 0.3 is 0 Å². The van der Waals surface area contributed by atoms with Crippen molar-refractivity contribution in [2.75, 3.05) is 6.54 Å². The highest BCUT2D eigenvalue weighted by Crippen LogP contribution is 2.61. The lowest BCUT2D eigenvalue weighted by Crippen LogP contribution is -2.46. The minimum atomic E-state index is -3.80. The predicted octanol–water partition coefficient (Wildman–Crippen LogP) is 2.57. The standard InChI is InChI=1S/C21H22N2O3S/c24-21(23-13-15-11-19(23)18-12-17(15)18)20(14-7-3-1-4-8-14)22-27(25,26)16-9-5-2-6-10-16/h1-10,15,17-20,22H,11-13H2/t15-,17-,18-,19-,20?/m0/s1. The van der Waals surface area contributed by atoms with Crippen molar-refractivity contribution in [3.63, 3.8) is 0 Å². The number of rotatable bonds is 5. The van der Waals surface area contributed by atoms with E-state index in [0.29, 0.717) is 23.4 Å². The van der Waals surface area contributed by atoms with E-state index in [2.05, 4.69) is 4.72 Å². The zero-order valence-electron chi connectivity index (χ0n) is 14.9. The molecule has 2 aromatic carbocycles. The second-order valence-corrected chi connectivity index (χ2v) is 9.61. The summed E-state index contributed by atoms with van der Waals surface area (Å²) in [5.74, 6) is 1.91. The Morgan fingerprint density at radius 1 is 0.963 bits per heavy atom. The van der Waals surface area contributed by atoms with Crippen LogP contribution in [-0.2, 0) is 14.8 Å². The quantitative estimate of drug-likeness (QED) is 0.864. The molecule has 6 heteroatoms. The molecular formula is C21H22N2O3S. The Hall–Kier alpha value is -2.18. The van der Waals surface area contributed by atoms with E-state index in [0.717, 1.165) is 18.9 Å². The zero-order valence-corrected chi connectivity index (χ0v) is 15.7. The van der Waals surface area contributed by atoms with Crippen LogP contribution in [0.3, 0.4) is 0 Å². The van der Waals surface area contributed by atoms with Gasteiger partial charge in [-0.1, -0.05) is 48.5 Å². The van der Waals surface area contributed by atoms with Crippen molar-refractivity contribution in [3.8, 4) is 0 Å². The molecule has 2 aromatic rings. The predicted molar refractivity (Wildman–Crippen MR) is 101 cm³/mol. The highest BCUT2D eigenvalue weighted by Gasteiger charge is 2.61. The smallest absolute Gasteiger partial charge is 0.245 e. The summed E-state index contributed by atoms with van der Waals surface area (Å²) >= 11 is 0. The summed E-state index contributed by atoms with van der Waals surface area (Å²) in [6, 6.07) is 16.8. The Kier molecular flexibility index (Phi) is 3.88. The third-order valence-corrected chi connectivity index (χ3v) is 7.79. The average Bonchev–Trinajstić information content (AvgIpc) is 3.30. The zero-order chi connectivity index (χ0) is 18.6. The number of nitrogens with zero attached hydrogens (tertiary/aromatic N) is 1. The Morgan fingerprint density at radius 3 is 2.26 bits per heavy atom. The lowest BCUT2D eigenvalue weighted by Gasteiger charge is -2.31. The molecule has 0 radical (unpaired) electrons. The van der Waals surface area contributed by atoms with Crippen LogP contribution in [0.2, 0.25) is 0 Å². The third kappa shape index (κ3) is 2.87. The normalized spacial score (nSPS) is 29.4. The van der Waals surface area contributed by atoms with E-state index >= 15 is 0 Å². The molecule has 5 rings (SSSR count). The van der Waals surface area contributed by atoms with Crippen LogP contribution in [0, 0.1) is 17.8 Å². The molecule has 5 nitrogen and oxygen atoms in total. The Bertz CT molecular complexity index is 961. The molecule has 27 heavy (non-hydrogen) atoms. The first-order valence-corrected chi connectivity index (χ1v) is 11.0. The maximum absolute atomic E-state index is 13.4. The number of sulfonamides is 1. The number of benzene rings is 2. The summed E-state index contributed by atoms with van der Waals surface area (Å²) in [6.07, 6.45) is 2.30. The Labute approximate surface area is 159 Å². The number of hydrogen-bond acceptors (Lipinski definition) is 3. The van der Waals surface area contributed by atoms with Gasteiger partial charge in [0.1, 0.15) is 6.04 Å². The van der Waals surface area contributed by atoms with Crippen LogP contribution in [-0.4, -0.2) is 31.8 Å². The van der Waals surface area contributed by atoms with Gasteiger partial charge in [0.25, 0.3) is 0 Å². The molecule has 2 saturated carbocycles. The van der Waals surface area contributed by atoms with Crippen molar-refractivity contribution in [2.24, 2.45) is 17.8 Å². The Balaban J connectivity index is 1.46. The fraction of sp³-hybridized carbons (Fsp3) is 0.381. The van der Waals surface area contributed by atoms with Gasteiger partial charge in [-0.2, -0.15) is 4.72 Å². The lowest BCUT2D eigenvalue weighted by atomic mass is 10.0. The fourth-order valence-electron chi connectivity index (χ4n) is 4.98. The third-order valence-electron chi connectivity index (χ3n) is 6.36. The molecule has 1 amide bonds. The van der Waals surface area contributed by atoms with E-state index in [1.165, 1.54) is 6.42 Å². The second-order valence-electron chi connectivity index (χ2n) is 7.90. The molecule has 1 heterocycles. The average molecular weight is 382 g/mol. The van der Waals surface area contributed by atoms with E-state index in [1.807, 2.05) is 35.2 Å². The lowest BCUT2D eigenvalue weighted by molar-refractivity contribution is -0.135. The van der Waals surface area contributed by atoms with Crippen molar-refractivity contribution in [2.45, 2.75) is 29.8 Å². The first-order chi connectivity index (χ1) is 13.0. The van der Waals surface area contributed by atoms with E-state index in [-0.39, 0.29) is 10.8 Å². The topological polar surface area (TPSA) is 66.5 Å². The molecule has 2 bridgehead atoms. The van der Waals surface area contributed by atoms with Crippen molar-refractivity contribution in [1.29, 1.82) is 0 Å². The first-order valence-electron chi connectivity index (χ1n) is 9.47. The monoisotopic (exact) mass is 382 g/mol. The van der Waals surface area contributed by atoms with Crippen LogP contribution in [0.5, 0.6) is 0 Å². The summed E-state index contributed by atoms with van der Waals surface area (Å²) in [7, 11) is -3.80. The molecule has 2 aliphatic carbocycles. The number of likely N-dealkylation sites (tertiary alicyclic amines) is 1. The molecule has 3 aliphatic rings. The van der Waals surface area contributed by atoms with Gasteiger partial charge in [-0.05, 0) is 48.3 Å². The van der Waals surface area contributed by atoms with Crippen LogP contribution >= 0.6 is 0 Å². The van der Waals surface area contributed by atoms with Gasteiger partial charge in [-0.3, -0.25) is 4.79 Å². The second kappa shape index (κ2) is 6.17. The number of hydrogen-bond donors (Lipinski definition) is 1. The molecule has 1 unspecified atom stereocenters. The van der Waals surface area contributed by atoms with Gasteiger partial charge < -0.3 is 4.90 Å². The number of nitrogens with one attached hydrogen (secondary N) is 1. The molecule has 1 aliphatic heterocycles. The van der Waals surface area contributed by atoms with E-state index < -0.39 is 16.1 Å². The number of carbonyl (C=O) groups excluding carboxylic acids is 1. The van der Waals surface area contributed by atoms with E-state index in [4.69, 9.17) is 0 Å². The number of fused-ring (bicyclic) bond motifs is 5. The van der Waals surface area contributed by atoms with Crippen molar-refractivity contribution in [1.82, 2.24) is 9.62 Å². The maximum atomic E-state index is 13.4. The summed E-state index contributed by atoms with van der Waals surface area (Å²) in [5, 5.41) is 0. The number of piperidine rings is 1. The molecular weight excluding hydrogens is 360 g/mol. The minimum Gasteiger partial charge on any atom is -0.337 e. The first kappa shape index (κ1) is 17.0. The van der Waals surface area contributed by atoms with Crippen molar-refractivity contribution in [3.05, 3.63) is 66.2 Å². The highest BCUT2D eigenvalue weighted by atomic mass is 32.2. The number of carbonyl (C=O) groups is 1. The largest absolute Gasteiger partial charge is 0.337 e. The van der Waals surface area contributed by atoms with Crippen LogP contribution in [0.25, 0.3) is 0 Å².